The highest BCUT2D eigenvalue weighted by molar-refractivity contribution is 5.71. The maximum Gasteiger partial charge on any atom is 0.309 e. The normalized spacial score (nSPS) is 17.9. The largest absolute Gasteiger partial charge is 0.481 e. The highest BCUT2D eigenvalue weighted by atomic mass is 16.5. The third-order valence-electron chi connectivity index (χ3n) is 6.61. The lowest BCUT2D eigenvalue weighted by molar-refractivity contribution is -0.147. The maximum atomic E-state index is 11.0. The molecule has 0 bridgehead atoms. The van der Waals surface area contributed by atoms with Gasteiger partial charge >= 0.3 is 5.97 Å². The van der Waals surface area contributed by atoms with E-state index in [9.17, 15) is 4.79 Å². The van der Waals surface area contributed by atoms with Crippen molar-refractivity contribution in [2.75, 3.05) is 26.3 Å². The van der Waals surface area contributed by atoms with Crippen LogP contribution in [0.15, 0.2) is 35.0 Å². The van der Waals surface area contributed by atoms with Crippen LogP contribution in [0.1, 0.15) is 43.9 Å². The first-order chi connectivity index (χ1) is 16.5. The van der Waals surface area contributed by atoms with Crippen LogP contribution in [0.25, 0.3) is 22.8 Å². The molecule has 180 valence electrons. The van der Waals surface area contributed by atoms with Gasteiger partial charge in [-0.05, 0) is 24.3 Å². The lowest BCUT2D eigenvalue weighted by Gasteiger charge is -2.36. The summed E-state index contributed by atoms with van der Waals surface area (Å²) in [6.45, 7) is 8.69. The highest BCUT2D eigenvalue weighted by Gasteiger charge is 2.32. The van der Waals surface area contributed by atoms with Gasteiger partial charge in [-0.2, -0.15) is 10.1 Å². The minimum atomic E-state index is -0.714. The number of nitrogens with zero attached hydrogens (tertiary/aromatic N) is 5. The van der Waals surface area contributed by atoms with E-state index in [1.807, 2.05) is 30.5 Å². The Balaban J connectivity index is 1.33. The van der Waals surface area contributed by atoms with E-state index in [-0.39, 0.29) is 5.92 Å². The fourth-order valence-corrected chi connectivity index (χ4v) is 4.78. The highest BCUT2D eigenvalue weighted by Crippen LogP contribution is 2.35. The number of hydrogen-bond acceptors (Lipinski definition) is 7. The second kappa shape index (κ2) is 9.68. The molecule has 0 aliphatic carbocycles. The number of aromatic nitrogens is 4. The van der Waals surface area contributed by atoms with Gasteiger partial charge in [0.25, 0.3) is 5.89 Å². The number of benzene rings is 1. The molecule has 4 heterocycles. The number of hydrogen-bond donors (Lipinski definition) is 1. The number of carboxylic acids is 1. The quantitative estimate of drug-likeness (QED) is 0.537. The lowest BCUT2D eigenvalue weighted by Crippen LogP contribution is -2.49. The summed E-state index contributed by atoms with van der Waals surface area (Å²) >= 11 is 0. The zero-order valence-corrected chi connectivity index (χ0v) is 19.7. The molecular formula is C25H31N5O4. The van der Waals surface area contributed by atoms with E-state index in [1.165, 1.54) is 0 Å². The Morgan fingerprint density at radius 3 is 2.59 bits per heavy atom. The van der Waals surface area contributed by atoms with Crippen molar-refractivity contribution in [3.8, 4) is 22.8 Å². The fourth-order valence-electron chi connectivity index (χ4n) is 4.78. The van der Waals surface area contributed by atoms with Crippen molar-refractivity contribution < 1.29 is 19.2 Å². The van der Waals surface area contributed by atoms with Gasteiger partial charge in [-0.3, -0.25) is 14.4 Å². The van der Waals surface area contributed by atoms with Gasteiger partial charge in [0.2, 0.25) is 5.82 Å². The van der Waals surface area contributed by atoms with Gasteiger partial charge < -0.3 is 14.4 Å². The van der Waals surface area contributed by atoms with Crippen LogP contribution in [0.4, 0.5) is 0 Å². The summed E-state index contributed by atoms with van der Waals surface area (Å²) in [7, 11) is 0. The third kappa shape index (κ3) is 4.76. The summed E-state index contributed by atoms with van der Waals surface area (Å²) in [6, 6.07) is 8.04. The zero-order chi connectivity index (χ0) is 23.7. The number of ether oxygens (including phenoxy) is 1. The van der Waals surface area contributed by atoms with Gasteiger partial charge in [0.1, 0.15) is 0 Å². The summed E-state index contributed by atoms with van der Waals surface area (Å²) in [5, 5.41) is 17.9. The number of likely N-dealkylation sites (tertiary alicyclic amines) is 1. The summed E-state index contributed by atoms with van der Waals surface area (Å²) < 4.78 is 13.4. The Hall–Kier alpha value is -3.04. The molecule has 0 amide bonds. The molecule has 1 N–H and O–H groups in total. The van der Waals surface area contributed by atoms with Crippen LogP contribution in [0.3, 0.4) is 0 Å². The van der Waals surface area contributed by atoms with Gasteiger partial charge in [-0.15, -0.1) is 0 Å². The number of rotatable bonds is 8. The molecule has 2 saturated heterocycles. The number of aliphatic carboxylic acids is 1. The van der Waals surface area contributed by atoms with Crippen LogP contribution in [-0.4, -0.2) is 62.2 Å². The van der Waals surface area contributed by atoms with E-state index in [4.69, 9.17) is 19.4 Å². The van der Waals surface area contributed by atoms with E-state index in [2.05, 4.69) is 33.7 Å². The first-order valence-electron chi connectivity index (χ1n) is 12.0. The molecular weight excluding hydrogens is 434 g/mol. The Kier molecular flexibility index (Phi) is 6.47. The molecule has 0 spiro atoms. The van der Waals surface area contributed by atoms with Crippen LogP contribution in [0, 0.1) is 11.8 Å². The monoisotopic (exact) mass is 465 g/mol. The number of carboxylic acid groups (broad SMARTS) is 1. The van der Waals surface area contributed by atoms with Crippen LogP contribution in [-0.2, 0) is 22.6 Å². The Labute approximate surface area is 198 Å². The molecule has 5 rings (SSSR count). The molecule has 0 radical (unpaired) electrons. The fraction of sp³-hybridized carbons (Fsp3) is 0.520. The van der Waals surface area contributed by atoms with Crippen molar-refractivity contribution >= 4 is 5.97 Å². The summed E-state index contributed by atoms with van der Waals surface area (Å²) in [5.41, 5.74) is 4.09. The molecule has 9 nitrogen and oxygen atoms in total. The van der Waals surface area contributed by atoms with Crippen molar-refractivity contribution in [1.29, 1.82) is 0 Å². The molecule has 3 aromatic rings. The predicted molar refractivity (Wildman–Crippen MR) is 125 cm³/mol. The molecule has 1 aromatic carbocycles. The minimum absolute atomic E-state index is 0.243. The topological polar surface area (TPSA) is 107 Å². The molecule has 2 aromatic heterocycles. The van der Waals surface area contributed by atoms with Crippen LogP contribution in [0.5, 0.6) is 0 Å². The first kappa shape index (κ1) is 22.7. The lowest BCUT2D eigenvalue weighted by atomic mass is 9.93. The zero-order valence-electron chi connectivity index (χ0n) is 19.7. The predicted octanol–water partition coefficient (Wildman–Crippen LogP) is 3.67. The average molecular weight is 466 g/mol. The van der Waals surface area contributed by atoms with Gasteiger partial charge in [-0.1, -0.05) is 43.3 Å². The van der Waals surface area contributed by atoms with Crippen molar-refractivity contribution in [1.82, 2.24) is 24.8 Å². The van der Waals surface area contributed by atoms with Crippen molar-refractivity contribution in [3.05, 3.63) is 41.7 Å². The van der Waals surface area contributed by atoms with Crippen molar-refractivity contribution in [2.24, 2.45) is 11.8 Å². The van der Waals surface area contributed by atoms with Gasteiger partial charge in [0, 0.05) is 50.9 Å². The SMILES string of the molecule is CC(C)Cn1ncc(-c2nc(-c3ccc(CN4CC(C(=O)O)C4)cc3)no2)c1C1CCOCC1. The number of carbonyl (C=O) groups is 1. The van der Waals surface area contributed by atoms with Crippen LogP contribution >= 0.6 is 0 Å². The van der Waals surface area contributed by atoms with E-state index in [0.717, 1.165) is 61.5 Å². The summed E-state index contributed by atoms with van der Waals surface area (Å²) in [4.78, 5) is 17.8. The van der Waals surface area contributed by atoms with E-state index in [1.54, 1.807) is 0 Å². The Morgan fingerprint density at radius 2 is 1.91 bits per heavy atom. The molecule has 0 unspecified atom stereocenters. The Morgan fingerprint density at radius 1 is 1.18 bits per heavy atom. The smallest absolute Gasteiger partial charge is 0.309 e. The molecule has 2 aliphatic rings. The molecule has 9 heteroatoms. The summed E-state index contributed by atoms with van der Waals surface area (Å²) in [5.74, 6) is 0.931. The standard InChI is InChI=1S/C25H31N5O4/c1-16(2)12-30-22(18-7-9-33-10-8-18)21(11-26-30)24-27-23(28-34-24)19-5-3-17(4-6-19)13-29-14-20(15-29)25(31)32/h3-6,11,16,18,20H,7-10,12-15H2,1-2H3,(H,31,32). The van der Waals surface area contributed by atoms with Crippen molar-refractivity contribution in [3.63, 3.8) is 0 Å². The maximum absolute atomic E-state index is 11.0. The molecule has 0 saturated carbocycles. The van der Waals surface area contributed by atoms with Gasteiger partial charge in [0.15, 0.2) is 0 Å². The van der Waals surface area contributed by atoms with E-state index in [0.29, 0.717) is 36.6 Å². The minimum Gasteiger partial charge on any atom is -0.481 e. The van der Waals surface area contributed by atoms with Crippen LogP contribution < -0.4 is 0 Å². The second-order valence-electron chi connectivity index (χ2n) is 9.76. The van der Waals surface area contributed by atoms with Crippen LogP contribution in [0.2, 0.25) is 0 Å². The van der Waals surface area contributed by atoms with Gasteiger partial charge in [-0.25, -0.2) is 0 Å². The molecule has 2 aliphatic heterocycles. The van der Waals surface area contributed by atoms with Crippen molar-refractivity contribution in [2.45, 2.75) is 45.7 Å². The average Bonchev–Trinajstić information content (AvgIpc) is 3.43. The Bertz CT molecular complexity index is 1120. The van der Waals surface area contributed by atoms with E-state index < -0.39 is 5.97 Å². The third-order valence-corrected chi connectivity index (χ3v) is 6.61. The molecule has 34 heavy (non-hydrogen) atoms. The van der Waals surface area contributed by atoms with E-state index >= 15 is 0 Å². The summed E-state index contributed by atoms with van der Waals surface area (Å²) in [6.07, 6.45) is 3.78. The molecule has 0 atom stereocenters. The first-order valence-corrected chi connectivity index (χ1v) is 12.0. The molecule has 2 fully saturated rings. The second-order valence-corrected chi connectivity index (χ2v) is 9.76. The van der Waals surface area contributed by atoms with Gasteiger partial charge in [0.05, 0.1) is 23.4 Å².